The van der Waals surface area contributed by atoms with Gasteiger partial charge < -0.3 is 18.9 Å². The first kappa shape index (κ1) is 25.6. The highest BCUT2D eigenvalue weighted by Gasteiger charge is 2.68. The number of hydrogen-bond donors (Lipinski definition) is 2. The molecule has 2 fully saturated rings. The maximum atomic E-state index is 16.0. The minimum atomic E-state index is -3.87. The molecule has 2 aliphatic rings. The molecule has 9 nitrogen and oxygen atoms in total. The fourth-order valence-electron chi connectivity index (χ4n) is 4.05. The number of aromatic amines is 1. The lowest BCUT2D eigenvalue weighted by Gasteiger charge is -2.43. The molecule has 1 aromatic carbocycles. The summed E-state index contributed by atoms with van der Waals surface area (Å²) in [5, 5.41) is 11.5. The van der Waals surface area contributed by atoms with Crippen LogP contribution in [0.5, 0.6) is 0 Å². The average molecular weight is 535 g/mol. The minimum Gasteiger partial charge on any atom is -0.385 e. The summed E-state index contributed by atoms with van der Waals surface area (Å²) in [6.45, 7) is 2.45. The Morgan fingerprint density at radius 3 is 2.59 bits per heavy atom. The van der Waals surface area contributed by atoms with Crippen molar-refractivity contribution in [2.45, 2.75) is 55.5 Å². The highest BCUT2D eigenvalue weighted by molar-refractivity contribution is 8.02. The van der Waals surface area contributed by atoms with Gasteiger partial charge in [-0.25, -0.2) is 9.18 Å². The van der Waals surface area contributed by atoms with E-state index in [0.717, 1.165) is 10.6 Å². The van der Waals surface area contributed by atoms with E-state index in [9.17, 15) is 19.3 Å². The largest absolute Gasteiger partial charge is 0.385 e. The van der Waals surface area contributed by atoms with Crippen molar-refractivity contribution in [2.75, 3.05) is 12.4 Å². The second-order valence-corrected chi connectivity index (χ2v) is 12.5. The van der Waals surface area contributed by atoms with Crippen molar-refractivity contribution in [3.8, 4) is 0 Å². The van der Waals surface area contributed by atoms with Crippen LogP contribution in [0.15, 0.2) is 46.1 Å². The van der Waals surface area contributed by atoms with Crippen LogP contribution >= 0.6 is 31.0 Å². The highest BCUT2D eigenvalue weighted by Crippen LogP contribution is 2.61. The number of hydrogen-bond acceptors (Lipinski definition) is 8. The summed E-state index contributed by atoms with van der Waals surface area (Å²) in [6.07, 6.45) is -1.96. The van der Waals surface area contributed by atoms with E-state index in [0.29, 0.717) is 22.8 Å². The first-order chi connectivity index (χ1) is 16.0. The van der Waals surface area contributed by atoms with Gasteiger partial charge in [-0.05, 0) is 43.7 Å². The standard InChI is InChI=1S/C21H25ClFN2O7PS/c1-13(2)32-33(29,11-14-3-5-15(22)6-4-14)30-12-21(23)17(27)20(8-10-34-20)18(31-21)25-9-7-16(26)24-19(25)28/h3-7,9,13,17-18,27H,8,10-12H2,1-2H3,(H,24,26,28)/t17-,18+,20+,21+,33?/m0/s1. The second kappa shape index (κ2) is 9.54. The summed E-state index contributed by atoms with van der Waals surface area (Å²) in [7, 11) is -3.87. The van der Waals surface area contributed by atoms with Gasteiger partial charge in [-0.3, -0.25) is 18.9 Å². The number of aliphatic hydroxyl groups is 1. The monoisotopic (exact) mass is 534 g/mol. The summed E-state index contributed by atoms with van der Waals surface area (Å²) in [4.78, 5) is 25.9. The number of thioether (sulfide) groups is 1. The van der Waals surface area contributed by atoms with E-state index in [1.54, 1.807) is 38.1 Å². The lowest BCUT2D eigenvalue weighted by molar-refractivity contribution is -0.204. The van der Waals surface area contributed by atoms with Crippen molar-refractivity contribution in [3.63, 3.8) is 0 Å². The Kier molecular flexibility index (Phi) is 7.19. The SMILES string of the molecule is CC(C)OP(=O)(Cc1ccc(Cl)cc1)OC[C@@]1(F)O[C@@H](n2ccc(=O)[nH]c2=O)[C@@]2(CCS2)[C@@H]1O. The van der Waals surface area contributed by atoms with E-state index in [1.165, 1.54) is 18.0 Å². The molecule has 0 radical (unpaired) electrons. The van der Waals surface area contributed by atoms with Crippen molar-refractivity contribution in [1.29, 1.82) is 0 Å². The lowest BCUT2D eigenvalue weighted by Crippen LogP contribution is -2.54. The van der Waals surface area contributed by atoms with Gasteiger partial charge in [-0.1, -0.05) is 23.7 Å². The Hall–Kier alpha value is -1.46. The number of halogens is 2. The number of benzene rings is 1. The van der Waals surface area contributed by atoms with Crippen LogP contribution in [0.2, 0.25) is 5.02 Å². The van der Waals surface area contributed by atoms with Crippen LogP contribution in [0.25, 0.3) is 0 Å². The summed E-state index contributed by atoms with van der Waals surface area (Å²) in [6, 6.07) is 7.68. The molecule has 5 atom stereocenters. The third kappa shape index (κ3) is 4.93. The molecule has 0 aliphatic carbocycles. The summed E-state index contributed by atoms with van der Waals surface area (Å²) < 4.78 is 46.0. The van der Waals surface area contributed by atoms with Crippen LogP contribution in [-0.4, -0.2) is 49.8 Å². The Balaban J connectivity index is 1.58. The molecular weight excluding hydrogens is 510 g/mol. The zero-order valence-corrected chi connectivity index (χ0v) is 20.9. The number of aromatic nitrogens is 2. The van der Waals surface area contributed by atoms with Crippen LogP contribution in [0, 0.1) is 0 Å². The third-order valence-electron chi connectivity index (χ3n) is 5.68. The van der Waals surface area contributed by atoms with Gasteiger partial charge in [-0.15, -0.1) is 11.8 Å². The normalized spacial score (nSPS) is 30.4. The number of nitrogens with one attached hydrogen (secondary N) is 1. The summed E-state index contributed by atoms with van der Waals surface area (Å²) >= 11 is 7.16. The number of ether oxygens (including phenoxy) is 1. The highest BCUT2D eigenvalue weighted by atomic mass is 35.5. The molecule has 2 aromatic rings. The van der Waals surface area contributed by atoms with E-state index in [2.05, 4.69) is 4.98 Å². The topological polar surface area (TPSA) is 120 Å². The lowest BCUT2D eigenvalue weighted by atomic mass is 9.93. The minimum absolute atomic E-state index is 0.142. The average Bonchev–Trinajstić information content (AvgIpc) is 2.96. The first-order valence-corrected chi connectivity index (χ1v) is 13.7. The molecule has 1 spiro atoms. The van der Waals surface area contributed by atoms with E-state index in [-0.39, 0.29) is 6.16 Å². The molecule has 4 rings (SSSR count). The van der Waals surface area contributed by atoms with Gasteiger partial charge >= 0.3 is 13.3 Å². The fourth-order valence-corrected chi connectivity index (χ4v) is 7.39. The van der Waals surface area contributed by atoms with E-state index in [4.69, 9.17) is 25.4 Å². The maximum absolute atomic E-state index is 16.0. The zero-order valence-electron chi connectivity index (χ0n) is 18.5. The molecule has 1 unspecified atom stereocenters. The molecule has 0 saturated carbocycles. The van der Waals surface area contributed by atoms with E-state index >= 15 is 4.39 Å². The Labute approximate surface area is 204 Å². The van der Waals surface area contributed by atoms with Crippen LogP contribution < -0.4 is 11.2 Å². The smallest absolute Gasteiger partial charge is 0.335 e. The predicted molar refractivity (Wildman–Crippen MR) is 126 cm³/mol. The number of aliphatic hydroxyl groups excluding tert-OH is 1. The first-order valence-electron chi connectivity index (χ1n) is 10.6. The number of rotatable bonds is 8. The number of nitrogens with zero attached hydrogens (tertiary/aromatic N) is 1. The number of alkyl halides is 1. The van der Waals surface area contributed by atoms with E-state index < -0.39 is 54.5 Å². The Morgan fingerprint density at radius 1 is 1.35 bits per heavy atom. The molecule has 2 aliphatic heterocycles. The van der Waals surface area contributed by atoms with Crippen molar-refractivity contribution < 1.29 is 27.8 Å². The van der Waals surface area contributed by atoms with Crippen molar-refractivity contribution in [3.05, 3.63) is 68.0 Å². The maximum Gasteiger partial charge on any atom is 0.335 e. The molecule has 2 saturated heterocycles. The summed E-state index contributed by atoms with van der Waals surface area (Å²) in [5.41, 5.74) is -0.796. The van der Waals surface area contributed by atoms with Gasteiger partial charge in [0.05, 0.1) is 17.0 Å². The van der Waals surface area contributed by atoms with Gasteiger partial charge in [0, 0.05) is 17.3 Å². The van der Waals surface area contributed by atoms with Crippen molar-refractivity contribution in [1.82, 2.24) is 9.55 Å². The zero-order chi connectivity index (χ0) is 24.7. The molecule has 1 aromatic heterocycles. The van der Waals surface area contributed by atoms with Gasteiger partial charge in [-0.2, -0.15) is 0 Å². The molecular formula is C21H25ClFN2O7PS. The second-order valence-electron chi connectivity index (χ2n) is 8.55. The van der Waals surface area contributed by atoms with Gasteiger partial charge in [0.1, 0.15) is 12.7 Å². The molecule has 13 heteroatoms. The quantitative estimate of drug-likeness (QED) is 0.494. The van der Waals surface area contributed by atoms with Gasteiger partial charge in [0.15, 0.2) is 6.23 Å². The Bertz CT molecular complexity index is 1200. The third-order valence-corrected chi connectivity index (χ3v) is 9.53. The molecule has 0 bridgehead atoms. The molecule has 2 N–H and O–H groups in total. The Morgan fingerprint density at radius 2 is 2.03 bits per heavy atom. The molecule has 34 heavy (non-hydrogen) atoms. The fraction of sp³-hybridized carbons (Fsp3) is 0.524. The van der Waals surface area contributed by atoms with E-state index in [1.807, 2.05) is 0 Å². The number of H-pyrrole nitrogens is 1. The van der Waals surface area contributed by atoms with Gasteiger partial charge in [0.25, 0.3) is 11.4 Å². The molecule has 3 heterocycles. The van der Waals surface area contributed by atoms with Crippen molar-refractivity contribution >= 4 is 31.0 Å². The van der Waals surface area contributed by atoms with Crippen LogP contribution in [-0.2, 0) is 24.5 Å². The van der Waals surface area contributed by atoms with Gasteiger partial charge in [0.2, 0.25) is 0 Å². The predicted octanol–water partition coefficient (Wildman–Crippen LogP) is 3.46. The molecule has 186 valence electrons. The summed E-state index contributed by atoms with van der Waals surface area (Å²) in [5.74, 6) is -2.15. The molecule has 0 amide bonds. The van der Waals surface area contributed by atoms with Crippen molar-refractivity contribution in [2.24, 2.45) is 0 Å². The van der Waals surface area contributed by atoms with Crippen LogP contribution in [0.4, 0.5) is 4.39 Å². The van der Waals surface area contributed by atoms with Crippen LogP contribution in [0.3, 0.4) is 0 Å². The van der Waals surface area contributed by atoms with Crippen LogP contribution in [0.1, 0.15) is 32.1 Å².